The van der Waals surface area contributed by atoms with Gasteiger partial charge in [0.2, 0.25) is 0 Å². The Labute approximate surface area is 129 Å². The normalized spacial score (nSPS) is 24.8. The summed E-state index contributed by atoms with van der Waals surface area (Å²) in [6.45, 7) is 6.54. The van der Waals surface area contributed by atoms with E-state index in [0.717, 1.165) is 25.7 Å². The van der Waals surface area contributed by atoms with Crippen molar-refractivity contribution in [1.82, 2.24) is 15.5 Å². The Bertz CT molecular complexity index is 295. The highest BCUT2D eigenvalue weighted by molar-refractivity contribution is 5.79. The number of hydrogen-bond acceptors (Lipinski definition) is 3. The van der Waals surface area contributed by atoms with Gasteiger partial charge in [0.25, 0.3) is 0 Å². The molecule has 21 heavy (non-hydrogen) atoms. The maximum absolute atomic E-state index is 5.61. The van der Waals surface area contributed by atoms with Crippen LogP contribution >= 0.6 is 0 Å². The van der Waals surface area contributed by atoms with E-state index in [0.29, 0.717) is 6.10 Å². The topological polar surface area (TPSA) is 48.9 Å². The Morgan fingerprint density at radius 3 is 2.62 bits per heavy atom. The number of hydrogen-bond donors (Lipinski definition) is 2. The van der Waals surface area contributed by atoms with Crippen LogP contribution in [-0.4, -0.2) is 63.3 Å². The predicted molar refractivity (Wildman–Crippen MR) is 87.9 cm³/mol. The van der Waals surface area contributed by atoms with Gasteiger partial charge in [0.05, 0.1) is 6.10 Å². The van der Waals surface area contributed by atoms with Gasteiger partial charge in [-0.05, 0) is 51.7 Å². The largest absolute Gasteiger partial charge is 0.376 e. The van der Waals surface area contributed by atoms with E-state index in [1.54, 1.807) is 0 Å². The summed E-state index contributed by atoms with van der Waals surface area (Å²) < 4.78 is 5.61. The zero-order valence-electron chi connectivity index (χ0n) is 13.6. The number of aliphatic imine (C=N–C) groups is 1. The molecular weight excluding hydrogens is 264 g/mol. The summed E-state index contributed by atoms with van der Waals surface area (Å²) >= 11 is 0. The highest BCUT2D eigenvalue weighted by atomic mass is 16.5. The van der Waals surface area contributed by atoms with Gasteiger partial charge in [-0.3, -0.25) is 4.99 Å². The molecule has 0 aromatic rings. The van der Waals surface area contributed by atoms with Crippen LogP contribution in [-0.2, 0) is 4.74 Å². The molecule has 2 heterocycles. The van der Waals surface area contributed by atoms with E-state index >= 15 is 0 Å². The molecule has 5 nitrogen and oxygen atoms in total. The molecule has 0 aromatic carbocycles. The monoisotopic (exact) mass is 296 g/mol. The van der Waals surface area contributed by atoms with Crippen LogP contribution < -0.4 is 10.6 Å². The summed E-state index contributed by atoms with van der Waals surface area (Å²) in [5.41, 5.74) is 0. The fourth-order valence-corrected chi connectivity index (χ4v) is 3.11. The SMILES string of the molecule is CN=C(NCCCN1CCCCCC1)NCC1CCCO1. The highest BCUT2D eigenvalue weighted by Crippen LogP contribution is 2.10. The zero-order valence-corrected chi connectivity index (χ0v) is 13.6. The first-order chi connectivity index (χ1) is 10.4. The average Bonchev–Trinajstić information content (AvgIpc) is 2.89. The number of nitrogens with zero attached hydrogens (tertiary/aromatic N) is 2. The lowest BCUT2D eigenvalue weighted by Gasteiger charge is -2.20. The summed E-state index contributed by atoms with van der Waals surface area (Å²) in [7, 11) is 1.83. The minimum absolute atomic E-state index is 0.362. The molecule has 1 atom stereocenters. The summed E-state index contributed by atoms with van der Waals surface area (Å²) in [4.78, 5) is 6.88. The van der Waals surface area contributed by atoms with E-state index in [1.165, 1.54) is 64.6 Å². The molecule has 2 saturated heterocycles. The smallest absolute Gasteiger partial charge is 0.191 e. The minimum Gasteiger partial charge on any atom is -0.376 e. The second kappa shape index (κ2) is 10.0. The van der Waals surface area contributed by atoms with Crippen molar-refractivity contribution in [3.05, 3.63) is 0 Å². The first-order valence-electron chi connectivity index (χ1n) is 8.67. The van der Waals surface area contributed by atoms with Crippen molar-refractivity contribution in [3.63, 3.8) is 0 Å². The molecule has 0 amide bonds. The summed E-state index contributed by atoms with van der Waals surface area (Å²) in [5.74, 6) is 0.904. The third-order valence-electron chi connectivity index (χ3n) is 4.39. The van der Waals surface area contributed by atoms with Gasteiger partial charge in [-0.2, -0.15) is 0 Å². The van der Waals surface area contributed by atoms with Gasteiger partial charge in [-0.25, -0.2) is 0 Å². The molecule has 0 radical (unpaired) electrons. The van der Waals surface area contributed by atoms with E-state index in [-0.39, 0.29) is 0 Å². The van der Waals surface area contributed by atoms with E-state index < -0.39 is 0 Å². The molecule has 2 rings (SSSR count). The first kappa shape index (κ1) is 16.6. The molecule has 2 fully saturated rings. The standard InChI is InChI=1S/C16H32N4O/c1-17-16(19-14-15-8-6-13-21-15)18-9-7-12-20-10-4-2-3-5-11-20/h15H,2-14H2,1H3,(H2,17,18,19). The van der Waals surface area contributed by atoms with Crippen LogP contribution in [0.25, 0.3) is 0 Å². The summed E-state index contributed by atoms with van der Waals surface area (Å²) in [6, 6.07) is 0. The van der Waals surface area contributed by atoms with Gasteiger partial charge in [0.1, 0.15) is 0 Å². The fraction of sp³-hybridized carbons (Fsp3) is 0.938. The number of nitrogens with one attached hydrogen (secondary N) is 2. The second-order valence-corrected chi connectivity index (χ2v) is 6.12. The average molecular weight is 296 g/mol. The van der Waals surface area contributed by atoms with Gasteiger partial charge in [-0.15, -0.1) is 0 Å². The van der Waals surface area contributed by atoms with Crippen molar-refractivity contribution >= 4 is 5.96 Å². The van der Waals surface area contributed by atoms with Gasteiger partial charge in [-0.1, -0.05) is 12.8 Å². The van der Waals surface area contributed by atoms with Crippen molar-refractivity contribution in [2.24, 2.45) is 4.99 Å². The Morgan fingerprint density at radius 1 is 1.14 bits per heavy atom. The maximum atomic E-state index is 5.61. The van der Waals surface area contributed by atoms with E-state index in [2.05, 4.69) is 20.5 Å². The molecule has 0 bridgehead atoms. The number of likely N-dealkylation sites (tertiary alicyclic amines) is 1. The van der Waals surface area contributed by atoms with Crippen LogP contribution in [0.1, 0.15) is 44.9 Å². The molecule has 0 spiro atoms. The Kier molecular flexibility index (Phi) is 7.89. The van der Waals surface area contributed by atoms with Crippen LogP contribution in [0, 0.1) is 0 Å². The molecule has 0 aliphatic carbocycles. The van der Waals surface area contributed by atoms with Crippen LogP contribution in [0.15, 0.2) is 4.99 Å². The molecule has 5 heteroatoms. The maximum Gasteiger partial charge on any atom is 0.191 e. The number of guanidine groups is 1. The molecular formula is C16H32N4O. The molecule has 2 aliphatic heterocycles. The van der Waals surface area contributed by atoms with Crippen molar-refractivity contribution < 1.29 is 4.74 Å². The zero-order chi connectivity index (χ0) is 14.8. The second-order valence-electron chi connectivity index (χ2n) is 6.12. The van der Waals surface area contributed by atoms with Crippen LogP contribution in [0.3, 0.4) is 0 Å². The van der Waals surface area contributed by atoms with Crippen LogP contribution in [0.4, 0.5) is 0 Å². The van der Waals surface area contributed by atoms with E-state index in [1.807, 2.05) is 7.05 Å². The van der Waals surface area contributed by atoms with Gasteiger partial charge in [0.15, 0.2) is 5.96 Å². The lowest BCUT2D eigenvalue weighted by molar-refractivity contribution is 0.114. The van der Waals surface area contributed by atoms with Gasteiger partial charge < -0.3 is 20.3 Å². The number of ether oxygens (including phenoxy) is 1. The van der Waals surface area contributed by atoms with Gasteiger partial charge >= 0.3 is 0 Å². The third-order valence-corrected chi connectivity index (χ3v) is 4.39. The van der Waals surface area contributed by atoms with Crippen LogP contribution in [0.2, 0.25) is 0 Å². The lowest BCUT2D eigenvalue weighted by Crippen LogP contribution is -2.42. The first-order valence-corrected chi connectivity index (χ1v) is 8.67. The quantitative estimate of drug-likeness (QED) is 0.444. The Morgan fingerprint density at radius 2 is 1.95 bits per heavy atom. The molecule has 0 saturated carbocycles. The van der Waals surface area contributed by atoms with Crippen molar-refractivity contribution in [2.75, 3.05) is 46.4 Å². The third kappa shape index (κ3) is 6.66. The molecule has 2 N–H and O–H groups in total. The minimum atomic E-state index is 0.362. The molecule has 2 aliphatic rings. The van der Waals surface area contributed by atoms with E-state index in [9.17, 15) is 0 Å². The Hall–Kier alpha value is -0.810. The molecule has 0 aromatic heterocycles. The fourth-order valence-electron chi connectivity index (χ4n) is 3.11. The van der Waals surface area contributed by atoms with Gasteiger partial charge in [0, 0.05) is 26.7 Å². The van der Waals surface area contributed by atoms with Crippen LogP contribution in [0.5, 0.6) is 0 Å². The molecule has 122 valence electrons. The summed E-state index contributed by atoms with van der Waals surface area (Å²) in [5, 5.41) is 6.77. The van der Waals surface area contributed by atoms with E-state index in [4.69, 9.17) is 4.74 Å². The van der Waals surface area contributed by atoms with Crippen molar-refractivity contribution in [3.8, 4) is 0 Å². The Balaban J connectivity index is 1.53. The van der Waals surface area contributed by atoms with Crippen molar-refractivity contribution in [1.29, 1.82) is 0 Å². The molecule has 1 unspecified atom stereocenters. The van der Waals surface area contributed by atoms with Crippen molar-refractivity contribution in [2.45, 2.75) is 51.0 Å². The highest BCUT2D eigenvalue weighted by Gasteiger charge is 2.15. The number of rotatable bonds is 6. The lowest BCUT2D eigenvalue weighted by atomic mass is 10.2. The summed E-state index contributed by atoms with van der Waals surface area (Å²) in [6.07, 6.45) is 9.47. The predicted octanol–water partition coefficient (Wildman–Crippen LogP) is 1.60.